The molecule has 8 rings (SSSR count). The molecule has 1 radical (unpaired) electrons. The summed E-state index contributed by atoms with van der Waals surface area (Å²) in [6.45, 7) is 5.84. The van der Waals surface area contributed by atoms with Crippen LogP contribution in [0.2, 0.25) is 0 Å². The first-order valence-electron chi connectivity index (χ1n) is 15.0. The number of hydrogen-bond acceptors (Lipinski definition) is 6. The molecule has 0 fully saturated rings. The summed E-state index contributed by atoms with van der Waals surface area (Å²) in [4.78, 5) is 18.0. The van der Waals surface area contributed by atoms with Crippen molar-refractivity contribution in [3.05, 3.63) is 113 Å². The summed E-state index contributed by atoms with van der Waals surface area (Å²) in [5.74, 6) is 0.857. The number of aryl methyl sites for hydroxylation is 5. The molecule has 0 atom stereocenters. The molecule has 0 aliphatic rings. The number of pyridine rings is 3. The van der Waals surface area contributed by atoms with Crippen LogP contribution in [0.3, 0.4) is 0 Å². The summed E-state index contributed by atoms with van der Waals surface area (Å²) in [6.07, 6.45) is 3.16. The van der Waals surface area contributed by atoms with Crippen LogP contribution in [0.4, 0.5) is 0 Å². The Morgan fingerprint density at radius 3 is 2.51 bits per heavy atom. The summed E-state index contributed by atoms with van der Waals surface area (Å²) in [5.41, 5.74) is 10.2. The maximum atomic E-state index is 7.23. The van der Waals surface area contributed by atoms with E-state index in [9.17, 15) is 0 Å². The quantitative estimate of drug-likeness (QED) is 0.166. The second-order valence-electron chi connectivity index (χ2n) is 10.2. The minimum atomic E-state index is -2.09. The van der Waals surface area contributed by atoms with Gasteiger partial charge in [-0.15, -0.1) is 53.6 Å². The molecule has 8 heteroatoms. The number of fused-ring (bicyclic) bond motifs is 6. The van der Waals surface area contributed by atoms with E-state index >= 15 is 0 Å². The van der Waals surface area contributed by atoms with Crippen LogP contribution < -0.4 is 0 Å². The molecule has 0 aliphatic carbocycles. The molecule has 0 N–H and O–H groups in total. The van der Waals surface area contributed by atoms with E-state index in [0.29, 0.717) is 5.71 Å². The van der Waals surface area contributed by atoms with E-state index in [4.69, 9.17) is 13.1 Å². The Kier molecular flexibility index (Phi) is 6.49. The van der Waals surface area contributed by atoms with E-state index in [1.165, 1.54) is 6.20 Å². The number of furan rings is 1. The van der Waals surface area contributed by atoms with Crippen LogP contribution in [0.1, 0.15) is 32.3 Å². The molecule has 43 heavy (non-hydrogen) atoms. The average Bonchev–Trinajstić information content (AvgIpc) is 3.66. The van der Waals surface area contributed by atoms with Gasteiger partial charge in [0.2, 0.25) is 5.71 Å². The van der Waals surface area contributed by atoms with E-state index < -0.39 is 6.85 Å². The number of benzene rings is 2. The van der Waals surface area contributed by atoms with Gasteiger partial charge in [0.15, 0.2) is 5.65 Å². The largest absolute Gasteiger partial charge is 0.486 e. The number of nitrogens with zero attached hydrogens (tertiary/aromatic N) is 5. The van der Waals surface area contributed by atoms with Gasteiger partial charge in [-0.05, 0) is 62.8 Å². The molecule has 7 nitrogen and oxygen atoms in total. The summed E-state index contributed by atoms with van der Waals surface area (Å²) in [6, 6.07) is 25.3. The van der Waals surface area contributed by atoms with Crippen molar-refractivity contribution >= 4 is 38.7 Å². The molecule has 2 aromatic carbocycles. The van der Waals surface area contributed by atoms with Gasteiger partial charge in [0.25, 0.3) is 0 Å². The predicted molar refractivity (Wildman–Crippen MR) is 164 cm³/mol. The Balaban J connectivity index is 0.000000187. The van der Waals surface area contributed by atoms with Gasteiger partial charge in [0, 0.05) is 53.3 Å². The van der Waals surface area contributed by atoms with Crippen LogP contribution in [0.25, 0.3) is 61.3 Å². The van der Waals surface area contributed by atoms with Crippen molar-refractivity contribution in [2.75, 3.05) is 0 Å². The third-order valence-corrected chi connectivity index (χ3v) is 7.24. The van der Waals surface area contributed by atoms with Crippen molar-refractivity contribution in [2.45, 2.75) is 34.5 Å². The molecule has 0 amide bonds. The third-order valence-electron chi connectivity index (χ3n) is 7.24. The van der Waals surface area contributed by atoms with Gasteiger partial charge in [0.1, 0.15) is 16.8 Å². The fraction of sp³-hybridized carbons (Fsp3) is 0.143. The molecule has 0 unspecified atom stereocenters. The maximum absolute atomic E-state index is 7.23. The van der Waals surface area contributed by atoms with Crippen LogP contribution in [0.15, 0.2) is 82.0 Å². The normalized spacial score (nSPS) is 12.5. The summed E-state index contributed by atoms with van der Waals surface area (Å²) >= 11 is 0. The van der Waals surface area contributed by atoms with Gasteiger partial charge in [-0.25, -0.2) is 9.97 Å². The van der Waals surface area contributed by atoms with E-state index in [0.717, 1.165) is 78.1 Å². The van der Waals surface area contributed by atoms with Gasteiger partial charge in [-0.1, -0.05) is 30.0 Å². The van der Waals surface area contributed by atoms with Crippen LogP contribution in [-0.4, -0.2) is 24.5 Å². The summed E-state index contributed by atoms with van der Waals surface area (Å²) in [5, 5.41) is 2.01. The van der Waals surface area contributed by atoms with Crippen molar-refractivity contribution in [1.82, 2.24) is 24.5 Å². The smallest absolute Gasteiger partial charge is 0.216 e. The molecule has 8 aromatic rings. The zero-order chi connectivity index (χ0) is 31.5. The summed E-state index contributed by atoms with van der Waals surface area (Å²) < 4.78 is 35.5. The molecular formula is C35H27IrN5O2-2. The van der Waals surface area contributed by atoms with Crippen LogP contribution in [0, 0.1) is 46.7 Å². The minimum Gasteiger partial charge on any atom is -0.486 e. The molecule has 0 spiro atoms. The number of aromatic nitrogens is 5. The Bertz CT molecular complexity index is 2360. The Morgan fingerprint density at radius 1 is 0.884 bits per heavy atom. The molecule has 6 heterocycles. The van der Waals surface area contributed by atoms with Gasteiger partial charge >= 0.3 is 0 Å². The molecule has 0 saturated heterocycles. The average molecular weight is 745 g/mol. The van der Waals surface area contributed by atoms with Crippen LogP contribution in [0.5, 0.6) is 0 Å². The SMILES string of the molecule is Cc1[c-]c(-c2cc3c(cn2)nc2c(C)c(C)on23)c2oc3nc(C)ccc3c2c1.[2H]C([2H])([2H])c1ccc(-c2[c-]cccc2)nc1.[Ir]. The van der Waals surface area contributed by atoms with Crippen LogP contribution >= 0.6 is 0 Å². The zero-order valence-corrected chi connectivity index (χ0v) is 26.2. The van der Waals surface area contributed by atoms with Gasteiger partial charge in [-0.3, -0.25) is 0 Å². The second-order valence-corrected chi connectivity index (χ2v) is 10.2. The summed E-state index contributed by atoms with van der Waals surface area (Å²) in [7, 11) is 0. The maximum Gasteiger partial charge on any atom is 0.216 e. The Labute approximate surface area is 266 Å². The molecule has 0 saturated carbocycles. The molecule has 215 valence electrons. The first-order chi connectivity index (χ1) is 21.6. The minimum absolute atomic E-state index is 0. The Morgan fingerprint density at radius 2 is 1.74 bits per heavy atom. The molecule has 6 aromatic heterocycles. The topological polar surface area (TPSA) is 82.2 Å². The fourth-order valence-electron chi connectivity index (χ4n) is 5.00. The van der Waals surface area contributed by atoms with Crippen molar-refractivity contribution in [3.63, 3.8) is 0 Å². The van der Waals surface area contributed by atoms with Crippen molar-refractivity contribution in [2.24, 2.45) is 0 Å². The third kappa shape index (κ3) is 5.13. The number of rotatable bonds is 2. The monoisotopic (exact) mass is 745 g/mol. The Hall–Kier alpha value is -4.65. The predicted octanol–water partition coefficient (Wildman–Crippen LogP) is 8.33. The standard InChI is InChI=1S/C23H17N4O2.C12H10N.Ir/c1-11-7-16-15-6-5-12(2)25-23(15)28-21(16)17(8-11)18-9-20-19(10-24-18)26-22-13(3)14(4)29-27(20)22;1-10-7-8-12(13-9-10)11-5-3-2-4-6-11;/h5-7,9-10H,1-4H3;2-5,7-9H,1H3;/q2*-1;/i;1D3;. The molecule has 0 aliphatic heterocycles. The number of hydrogen-bond donors (Lipinski definition) is 0. The van der Waals surface area contributed by atoms with E-state index in [1.807, 2.05) is 58.0 Å². The van der Waals surface area contributed by atoms with Crippen molar-refractivity contribution < 1.29 is 33.2 Å². The fourth-order valence-corrected chi connectivity index (χ4v) is 5.00. The second kappa shape index (κ2) is 11.2. The van der Waals surface area contributed by atoms with E-state index in [-0.39, 0.29) is 25.7 Å². The van der Waals surface area contributed by atoms with Gasteiger partial charge in [-0.2, -0.15) is 4.57 Å². The number of imidazole rings is 1. The van der Waals surface area contributed by atoms with Crippen LogP contribution in [-0.2, 0) is 20.1 Å². The van der Waals surface area contributed by atoms with Crippen molar-refractivity contribution in [3.8, 4) is 22.5 Å². The van der Waals surface area contributed by atoms with E-state index in [2.05, 4.69) is 44.2 Å². The zero-order valence-electron chi connectivity index (χ0n) is 26.8. The molecular weight excluding hydrogens is 715 g/mol. The van der Waals surface area contributed by atoms with Gasteiger partial charge in [0.05, 0.1) is 5.58 Å². The first kappa shape index (κ1) is 24.9. The first-order valence-corrected chi connectivity index (χ1v) is 13.5. The van der Waals surface area contributed by atoms with Gasteiger partial charge < -0.3 is 18.9 Å². The van der Waals surface area contributed by atoms with Crippen molar-refractivity contribution in [1.29, 1.82) is 0 Å². The van der Waals surface area contributed by atoms with E-state index in [1.54, 1.807) is 29.0 Å². The molecule has 0 bridgehead atoms.